The van der Waals surface area contributed by atoms with Crippen LogP contribution in [0.15, 0.2) is 77.7 Å². The Bertz CT molecular complexity index is 879. The third-order valence-corrected chi connectivity index (χ3v) is 3.63. The molecule has 3 aromatic heterocycles. The number of furan rings is 1. The number of hydrogen-bond donors (Lipinski definition) is 1. The quantitative estimate of drug-likeness (QED) is 0.612. The van der Waals surface area contributed by atoms with Crippen molar-refractivity contribution in [3.05, 3.63) is 78.9 Å². The molecule has 1 aromatic carbocycles. The molecule has 0 spiro atoms. The normalized spacial score (nSPS) is 10.9. The van der Waals surface area contributed by atoms with Gasteiger partial charge in [-0.15, -0.1) is 0 Å². The number of hydrogen-bond acceptors (Lipinski definition) is 3. The Balaban J connectivity index is 1.76. The van der Waals surface area contributed by atoms with Crippen LogP contribution in [0.1, 0.15) is 5.56 Å². The molecule has 0 aliphatic rings. The van der Waals surface area contributed by atoms with Crippen molar-refractivity contribution in [2.45, 2.75) is 6.54 Å². The summed E-state index contributed by atoms with van der Waals surface area (Å²) in [5.74, 6) is 0.973. The molecule has 0 saturated carbocycles. The van der Waals surface area contributed by atoms with E-state index in [2.05, 4.69) is 21.9 Å². The van der Waals surface area contributed by atoms with E-state index < -0.39 is 0 Å². The van der Waals surface area contributed by atoms with E-state index in [-0.39, 0.29) is 0 Å². The highest BCUT2D eigenvalue weighted by molar-refractivity contribution is 5.75. The lowest BCUT2D eigenvalue weighted by atomic mass is 10.2. The van der Waals surface area contributed by atoms with Crippen LogP contribution in [0.4, 0.5) is 5.82 Å². The van der Waals surface area contributed by atoms with Crippen LogP contribution < -0.4 is 5.32 Å². The molecule has 4 rings (SSSR count). The molecule has 0 unspecified atom stereocenters. The Kier molecular flexibility index (Phi) is 3.12. The van der Waals surface area contributed by atoms with E-state index in [1.54, 1.807) is 12.5 Å². The maximum Gasteiger partial charge on any atom is 0.139 e. The summed E-state index contributed by atoms with van der Waals surface area (Å²) in [6.07, 6.45) is 5.40. The van der Waals surface area contributed by atoms with Gasteiger partial charge in [0.1, 0.15) is 17.2 Å². The van der Waals surface area contributed by atoms with Crippen LogP contribution in [0.25, 0.3) is 16.9 Å². The van der Waals surface area contributed by atoms with E-state index in [0.29, 0.717) is 0 Å². The van der Waals surface area contributed by atoms with Crippen molar-refractivity contribution in [2.75, 3.05) is 5.32 Å². The minimum atomic E-state index is 0.744. The van der Waals surface area contributed by atoms with Crippen LogP contribution in [-0.2, 0) is 6.54 Å². The largest absolute Gasteiger partial charge is 0.472 e. The fraction of sp³-hybridized carbons (Fsp3) is 0.0556. The van der Waals surface area contributed by atoms with Crippen molar-refractivity contribution in [1.29, 1.82) is 0 Å². The standard InChI is InChI=1S/C18H15N3O/c1-2-6-14(7-3-1)12-19-18-17(15-9-11-22-13-15)20-16-8-4-5-10-21(16)18/h1-11,13,19H,12H2. The van der Waals surface area contributed by atoms with E-state index in [1.807, 2.05) is 48.7 Å². The monoisotopic (exact) mass is 289 g/mol. The summed E-state index contributed by atoms with van der Waals surface area (Å²) in [5.41, 5.74) is 4.01. The van der Waals surface area contributed by atoms with Gasteiger partial charge in [-0.2, -0.15) is 0 Å². The van der Waals surface area contributed by atoms with Crippen LogP contribution >= 0.6 is 0 Å². The van der Waals surface area contributed by atoms with Gasteiger partial charge in [0.05, 0.1) is 12.5 Å². The number of benzene rings is 1. The minimum Gasteiger partial charge on any atom is -0.472 e. The Morgan fingerprint density at radius 2 is 1.86 bits per heavy atom. The number of rotatable bonds is 4. The van der Waals surface area contributed by atoms with Gasteiger partial charge in [-0.25, -0.2) is 4.98 Å². The van der Waals surface area contributed by atoms with Crippen LogP contribution in [-0.4, -0.2) is 9.38 Å². The number of aromatic nitrogens is 2. The van der Waals surface area contributed by atoms with Gasteiger partial charge in [0.15, 0.2) is 0 Å². The maximum atomic E-state index is 5.21. The number of pyridine rings is 1. The molecule has 4 heteroatoms. The van der Waals surface area contributed by atoms with Crippen molar-refractivity contribution in [3.8, 4) is 11.3 Å². The molecule has 0 aliphatic carbocycles. The molecule has 0 fully saturated rings. The molecule has 108 valence electrons. The summed E-state index contributed by atoms with van der Waals surface area (Å²) in [6.45, 7) is 0.744. The Morgan fingerprint density at radius 1 is 1.00 bits per heavy atom. The van der Waals surface area contributed by atoms with Gasteiger partial charge in [0.2, 0.25) is 0 Å². The molecule has 22 heavy (non-hydrogen) atoms. The van der Waals surface area contributed by atoms with Gasteiger partial charge in [0.25, 0.3) is 0 Å². The zero-order valence-electron chi connectivity index (χ0n) is 11.9. The molecular formula is C18H15N3O. The van der Waals surface area contributed by atoms with Gasteiger partial charge in [-0.1, -0.05) is 36.4 Å². The molecular weight excluding hydrogens is 274 g/mol. The molecule has 0 radical (unpaired) electrons. The van der Waals surface area contributed by atoms with Crippen LogP contribution in [0.5, 0.6) is 0 Å². The molecule has 0 aliphatic heterocycles. The van der Waals surface area contributed by atoms with Gasteiger partial charge in [-0.3, -0.25) is 4.40 Å². The minimum absolute atomic E-state index is 0.744. The summed E-state index contributed by atoms with van der Waals surface area (Å²) in [4.78, 5) is 4.71. The molecule has 3 heterocycles. The maximum absolute atomic E-state index is 5.21. The lowest BCUT2D eigenvalue weighted by Gasteiger charge is -2.08. The fourth-order valence-electron chi connectivity index (χ4n) is 2.55. The van der Waals surface area contributed by atoms with Crippen molar-refractivity contribution < 1.29 is 4.42 Å². The highest BCUT2D eigenvalue weighted by Crippen LogP contribution is 2.29. The van der Waals surface area contributed by atoms with Crippen LogP contribution in [0.3, 0.4) is 0 Å². The van der Waals surface area contributed by atoms with E-state index in [0.717, 1.165) is 29.3 Å². The smallest absolute Gasteiger partial charge is 0.139 e. The molecule has 0 saturated heterocycles. The molecule has 1 N–H and O–H groups in total. The number of fused-ring (bicyclic) bond motifs is 1. The van der Waals surface area contributed by atoms with Gasteiger partial charge in [0, 0.05) is 18.3 Å². The molecule has 0 bridgehead atoms. The molecule has 4 nitrogen and oxygen atoms in total. The van der Waals surface area contributed by atoms with E-state index in [1.165, 1.54) is 5.56 Å². The molecule has 0 amide bonds. The highest BCUT2D eigenvalue weighted by atomic mass is 16.3. The average Bonchev–Trinajstić information content (AvgIpc) is 3.21. The predicted octanol–water partition coefficient (Wildman–Crippen LogP) is 4.21. The summed E-state index contributed by atoms with van der Waals surface area (Å²) in [6, 6.07) is 18.2. The van der Waals surface area contributed by atoms with Crippen molar-refractivity contribution >= 4 is 11.5 Å². The van der Waals surface area contributed by atoms with Gasteiger partial charge < -0.3 is 9.73 Å². The summed E-state index contributed by atoms with van der Waals surface area (Å²) in [7, 11) is 0. The predicted molar refractivity (Wildman–Crippen MR) is 86.7 cm³/mol. The number of anilines is 1. The Labute approximate surface area is 128 Å². The zero-order chi connectivity index (χ0) is 14.8. The Morgan fingerprint density at radius 3 is 2.68 bits per heavy atom. The van der Waals surface area contributed by atoms with Crippen LogP contribution in [0, 0.1) is 0 Å². The topological polar surface area (TPSA) is 42.5 Å². The summed E-state index contributed by atoms with van der Waals surface area (Å²) >= 11 is 0. The van der Waals surface area contributed by atoms with Crippen molar-refractivity contribution in [3.63, 3.8) is 0 Å². The SMILES string of the molecule is c1ccc(CNc2c(-c3ccoc3)nc3ccccn23)cc1. The lowest BCUT2D eigenvalue weighted by molar-refractivity contribution is 0.568. The van der Waals surface area contributed by atoms with Gasteiger partial charge in [-0.05, 0) is 23.8 Å². The van der Waals surface area contributed by atoms with Crippen molar-refractivity contribution in [1.82, 2.24) is 9.38 Å². The fourth-order valence-corrected chi connectivity index (χ4v) is 2.55. The third-order valence-electron chi connectivity index (χ3n) is 3.63. The first-order chi connectivity index (χ1) is 10.9. The lowest BCUT2D eigenvalue weighted by Crippen LogP contribution is -2.03. The second-order valence-electron chi connectivity index (χ2n) is 5.09. The van der Waals surface area contributed by atoms with Crippen LogP contribution in [0.2, 0.25) is 0 Å². The second kappa shape index (κ2) is 5.41. The zero-order valence-corrected chi connectivity index (χ0v) is 11.9. The summed E-state index contributed by atoms with van der Waals surface area (Å²) < 4.78 is 7.27. The first-order valence-electron chi connectivity index (χ1n) is 7.19. The number of nitrogens with zero attached hydrogens (tertiary/aromatic N) is 2. The number of imidazole rings is 1. The van der Waals surface area contributed by atoms with E-state index in [4.69, 9.17) is 9.40 Å². The Hall–Kier alpha value is -3.01. The van der Waals surface area contributed by atoms with E-state index in [9.17, 15) is 0 Å². The van der Waals surface area contributed by atoms with Gasteiger partial charge >= 0.3 is 0 Å². The molecule has 4 aromatic rings. The number of nitrogens with one attached hydrogen (secondary N) is 1. The third kappa shape index (κ3) is 2.24. The highest BCUT2D eigenvalue weighted by Gasteiger charge is 2.14. The first-order valence-corrected chi connectivity index (χ1v) is 7.19. The first kappa shape index (κ1) is 12.7. The second-order valence-corrected chi connectivity index (χ2v) is 5.09. The van der Waals surface area contributed by atoms with Crippen molar-refractivity contribution in [2.24, 2.45) is 0 Å². The average molecular weight is 289 g/mol. The molecule has 0 atom stereocenters. The summed E-state index contributed by atoms with van der Waals surface area (Å²) in [5, 5.41) is 3.50. The van der Waals surface area contributed by atoms with E-state index >= 15 is 0 Å².